The highest BCUT2D eigenvalue weighted by molar-refractivity contribution is 5.96. The molecule has 1 aromatic rings. The van der Waals surface area contributed by atoms with Gasteiger partial charge in [0.25, 0.3) is 5.91 Å². The maximum absolute atomic E-state index is 12.0. The Morgan fingerprint density at radius 2 is 2.00 bits per heavy atom. The van der Waals surface area contributed by atoms with Gasteiger partial charge < -0.3 is 15.7 Å². The van der Waals surface area contributed by atoms with Crippen molar-refractivity contribution in [1.29, 1.82) is 0 Å². The molecule has 5 nitrogen and oxygen atoms in total. The number of nitrogens with one attached hydrogen (secondary N) is 2. The minimum atomic E-state index is -0.370. The predicted octanol–water partition coefficient (Wildman–Crippen LogP) is 1.78. The maximum atomic E-state index is 12.0. The van der Waals surface area contributed by atoms with Crippen molar-refractivity contribution in [3.05, 3.63) is 29.8 Å². The lowest BCUT2D eigenvalue weighted by Gasteiger charge is -2.14. The van der Waals surface area contributed by atoms with Crippen molar-refractivity contribution in [3.8, 4) is 0 Å². The fourth-order valence-electron chi connectivity index (χ4n) is 1.98. The minimum absolute atomic E-state index is 0.173. The number of carbonyl (C=O) groups excluding carboxylic acids is 2. The Morgan fingerprint density at radius 3 is 2.60 bits per heavy atom. The summed E-state index contributed by atoms with van der Waals surface area (Å²) in [5.74, 6) is -0.153. The molecule has 20 heavy (non-hydrogen) atoms. The number of aliphatic hydroxyl groups excluding tert-OH is 1. The van der Waals surface area contributed by atoms with Crippen LogP contribution in [0, 0.1) is 5.92 Å². The molecule has 0 aliphatic rings. The fraction of sp³-hybridized carbons (Fsp3) is 0.467. The second-order valence-electron chi connectivity index (χ2n) is 5.16. The summed E-state index contributed by atoms with van der Waals surface area (Å²) in [5.41, 5.74) is 1.10. The molecule has 0 aliphatic carbocycles. The molecule has 1 rings (SSSR count). The van der Waals surface area contributed by atoms with Crippen LogP contribution >= 0.6 is 0 Å². The Hall–Kier alpha value is -1.88. The van der Waals surface area contributed by atoms with Gasteiger partial charge >= 0.3 is 0 Å². The molecular formula is C15H22N2O3. The van der Waals surface area contributed by atoms with Gasteiger partial charge in [-0.15, -0.1) is 0 Å². The zero-order valence-corrected chi connectivity index (χ0v) is 12.1. The number of hydrogen-bond donors (Lipinski definition) is 3. The van der Waals surface area contributed by atoms with Crippen LogP contribution in [0.1, 0.15) is 37.6 Å². The van der Waals surface area contributed by atoms with Crippen molar-refractivity contribution in [2.45, 2.75) is 33.3 Å². The van der Waals surface area contributed by atoms with Crippen molar-refractivity contribution in [1.82, 2.24) is 5.32 Å². The fourth-order valence-corrected chi connectivity index (χ4v) is 1.98. The van der Waals surface area contributed by atoms with Crippen LogP contribution in [0.5, 0.6) is 0 Å². The largest absolute Gasteiger partial charge is 0.393 e. The number of amides is 2. The van der Waals surface area contributed by atoms with Gasteiger partial charge in [0.05, 0.1) is 6.10 Å². The monoisotopic (exact) mass is 278 g/mol. The normalized spacial score (nSPS) is 13.4. The van der Waals surface area contributed by atoms with Crippen molar-refractivity contribution < 1.29 is 14.7 Å². The van der Waals surface area contributed by atoms with Crippen LogP contribution in [-0.4, -0.2) is 29.6 Å². The molecule has 0 aliphatic heterocycles. The quantitative estimate of drug-likeness (QED) is 0.742. The molecule has 0 spiro atoms. The molecule has 2 unspecified atom stereocenters. The third-order valence-electron chi connectivity index (χ3n) is 2.80. The van der Waals surface area contributed by atoms with E-state index in [0.29, 0.717) is 24.2 Å². The van der Waals surface area contributed by atoms with Crippen molar-refractivity contribution in [2.75, 3.05) is 11.9 Å². The Balaban J connectivity index is 2.57. The first kappa shape index (κ1) is 16.2. The predicted molar refractivity (Wildman–Crippen MR) is 78.5 cm³/mol. The Morgan fingerprint density at radius 1 is 1.30 bits per heavy atom. The van der Waals surface area contributed by atoms with Gasteiger partial charge in [-0.1, -0.05) is 13.0 Å². The summed E-state index contributed by atoms with van der Waals surface area (Å²) in [6.45, 7) is 5.63. The molecule has 0 saturated heterocycles. The van der Waals surface area contributed by atoms with Gasteiger partial charge in [0, 0.05) is 24.7 Å². The first-order chi connectivity index (χ1) is 9.38. The summed E-state index contributed by atoms with van der Waals surface area (Å²) in [7, 11) is 0. The lowest BCUT2D eigenvalue weighted by atomic mass is 10.0. The second kappa shape index (κ2) is 7.65. The van der Waals surface area contributed by atoms with E-state index in [1.54, 1.807) is 31.2 Å². The third-order valence-corrected chi connectivity index (χ3v) is 2.80. The van der Waals surface area contributed by atoms with Crippen LogP contribution in [0.15, 0.2) is 24.3 Å². The zero-order valence-electron chi connectivity index (χ0n) is 12.1. The summed E-state index contributed by atoms with van der Waals surface area (Å²) >= 11 is 0. The molecular weight excluding hydrogens is 256 g/mol. The van der Waals surface area contributed by atoms with Gasteiger partial charge in [-0.05, 0) is 37.5 Å². The molecule has 0 bridgehead atoms. The van der Waals surface area contributed by atoms with Crippen molar-refractivity contribution in [3.63, 3.8) is 0 Å². The van der Waals surface area contributed by atoms with Crippen LogP contribution in [0.25, 0.3) is 0 Å². The zero-order chi connectivity index (χ0) is 15.1. The van der Waals surface area contributed by atoms with E-state index >= 15 is 0 Å². The highest BCUT2D eigenvalue weighted by Gasteiger charge is 2.10. The topological polar surface area (TPSA) is 78.4 Å². The Kier molecular flexibility index (Phi) is 6.18. The van der Waals surface area contributed by atoms with Crippen LogP contribution in [0.4, 0.5) is 5.69 Å². The van der Waals surface area contributed by atoms with E-state index in [1.807, 2.05) is 6.92 Å². The van der Waals surface area contributed by atoms with E-state index < -0.39 is 0 Å². The third kappa shape index (κ3) is 5.84. The van der Waals surface area contributed by atoms with Gasteiger partial charge in [0.2, 0.25) is 5.91 Å². The maximum Gasteiger partial charge on any atom is 0.251 e. The number of benzene rings is 1. The van der Waals surface area contributed by atoms with E-state index in [4.69, 9.17) is 0 Å². The highest BCUT2D eigenvalue weighted by Crippen LogP contribution is 2.11. The molecule has 0 heterocycles. The van der Waals surface area contributed by atoms with Gasteiger partial charge in [0.1, 0.15) is 0 Å². The molecule has 5 heteroatoms. The van der Waals surface area contributed by atoms with E-state index in [-0.39, 0.29) is 23.8 Å². The molecule has 0 saturated carbocycles. The first-order valence-electron chi connectivity index (χ1n) is 6.72. The van der Waals surface area contributed by atoms with E-state index in [9.17, 15) is 14.7 Å². The number of aliphatic hydroxyl groups is 1. The summed E-state index contributed by atoms with van der Waals surface area (Å²) in [6.07, 6.45) is 0.275. The van der Waals surface area contributed by atoms with E-state index in [1.165, 1.54) is 6.92 Å². The smallest absolute Gasteiger partial charge is 0.251 e. The van der Waals surface area contributed by atoms with Crippen LogP contribution in [-0.2, 0) is 4.79 Å². The number of hydrogen-bond acceptors (Lipinski definition) is 3. The van der Waals surface area contributed by atoms with Crippen molar-refractivity contribution >= 4 is 17.5 Å². The Labute approximate surface area is 119 Å². The summed E-state index contributed by atoms with van der Waals surface area (Å²) < 4.78 is 0. The lowest BCUT2D eigenvalue weighted by molar-refractivity contribution is -0.114. The summed E-state index contributed by atoms with van der Waals surface area (Å²) in [4.78, 5) is 23.0. The van der Waals surface area contributed by atoms with Crippen LogP contribution in [0.2, 0.25) is 0 Å². The van der Waals surface area contributed by atoms with Gasteiger partial charge in [-0.2, -0.15) is 0 Å². The number of carbonyl (C=O) groups is 2. The van der Waals surface area contributed by atoms with E-state index in [2.05, 4.69) is 10.6 Å². The lowest BCUT2D eigenvalue weighted by Crippen LogP contribution is -2.29. The van der Waals surface area contributed by atoms with Gasteiger partial charge in [-0.3, -0.25) is 9.59 Å². The molecule has 0 fully saturated rings. The SMILES string of the molecule is CC(=O)Nc1cccc(C(=O)NCC(C)CC(C)O)c1. The minimum Gasteiger partial charge on any atom is -0.393 e. The average Bonchev–Trinajstić information content (AvgIpc) is 2.34. The second-order valence-corrected chi connectivity index (χ2v) is 5.16. The number of anilines is 1. The first-order valence-corrected chi connectivity index (χ1v) is 6.72. The van der Waals surface area contributed by atoms with Crippen LogP contribution in [0.3, 0.4) is 0 Å². The van der Waals surface area contributed by atoms with Gasteiger partial charge in [-0.25, -0.2) is 0 Å². The summed E-state index contributed by atoms with van der Waals surface area (Å²) in [6, 6.07) is 6.78. The highest BCUT2D eigenvalue weighted by atomic mass is 16.3. The average molecular weight is 278 g/mol. The number of rotatable bonds is 6. The molecule has 3 N–H and O–H groups in total. The molecule has 0 radical (unpaired) electrons. The van der Waals surface area contributed by atoms with E-state index in [0.717, 1.165) is 0 Å². The van der Waals surface area contributed by atoms with Crippen LogP contribution < -0.4 is 10.6 Å². The molecule has 0 aromatic heterocycles. The van der Waals surface area contributed by atoms with Crippen molar-refractivity contribution in [2.24, 2.45) is 5.92 Å². The Bertz CT molecular complexity index is 472. The molecule has 110 valence electrons. The summed E-state index contributed by atoms with van der Waals surface area (Å²) in [5, 5.41) is 14.7. The standard InChI is InChI=1S/C15H22N2O3/c1-10(7-11(2)18)9-16-15(20)13-5-4-6-14(8-13)17-12(3)19/h4-6,8,10-11,18H,7,9H2,1-3H3,(H,16,20)(H,17,19). The molecule has 1 aromatic carbocycles. The molecule has 2 amide bonds. The van der Waals surface area contributed by atoms with Gasteiger partial charge in [0.15, 0.2) is 0 Å². The molecule has 2 atom stereocenters.